The van der Waals surface area contributed by atoms with Gasteiger partial charge in [0.25, 0.3) is 0 Å². The minimum absolute atomic E-state index is 0.413. The molecule has 2 heterocycles. The van der Waals surface area contributed by atoms with Crippen LogP contribution in [0.3, 0.4) is 0 Å². The number of thiocarbonyl (C=S) groups is 1. The van der Waals surface area contributed by atoms with Gasteiger partial charge in [0.2, 0.25) is 0 Å². The summed E-state index contributed by atoms with van der Waals surface area (Å²) in [6.07, 6.45) is 3.50. The Labute approximate surface area is 148 Å². The molecule has 0 unspecified atom stereocenters. The second kappa shape index (κ2) is 6.66. The van der Waals surface area contributed by atoms with Crippen LogP contribution in [0.2, 0.25) is 5.15 Å². The highest BCUT2D eigenvalue weighted by Gasteiger charge is 2.09. The first-order valence-corrected chi connectivity index (χ1v) is 8.50. The van der Waals surface area contributed by atoms with Gasteiger partial charge in [-0.05, 0) is 43.3 Å². The van der Waals surface area contributed by atoms with Gasteiger partial charge in [-0.15, -0.1) is 11.3 Å². The Bertz CT molecular complexity index is 897. The lowest BCUT2D eigenvalue weighted by Gasteiger charge is -2.11. The van der Waals surface area contributed by atoms with Crippen LogP contribution in [0, 0.1) is 13.8 Å². The van der Waals surface area contributed by atoms with Crippen LogP contribution in [0.15, 0.2) is 34.9 Å². The number of nitrogens with one attached hydrogen (secondary N) is 2. The van der Waals surface area contributed by atoms with Gasteiger partial charge in [0.05, 0.1) is 6.21 Å². The summed E-state index contributed by atoms with van der Waals surface area (Å²) in [5.41, 5.74) is 6.82. The van der Waals surface area contributed by atoms with Gasteiger partial charge in [-0.2, -0.15) is 5.10 Å². The topological polar surface area (TPSA) is 53.7 Å². The highest BCUT2D eigenvalue weighted by molar-refractivity contribution is 7.80. The molecule has 0 amide bonds. The summed E-state index contributed by atoms with van der Waals surface area (Å²) < 4.78 is 1.87. The molecular weight excluding hydrogens is 350 g/mol. The number of anilines is 1. The minimum atomic E-state index is 0.413. The van der Waals surface area contributed by atoms with Crippen molar-refractivity contribution >= 4 is 57.1 Å². The lowest BCUT2D eigenvalue weighted by molar-refractivity contribution is 1.04. The van der Waals surface area contributed by atoms with E-state index in [0.717, 1.165) is 16.2 Å². The van der Waals surface area contributed by atoms with Gasteiger partial charge in [-0.1, -0.05) is 23.7 Å². The summed E-state index contributed by atoms with van der Waals surface area (Å²) in [6, 6.07) is 6.02. The highest BCUT2D eigenvalue weighted by atomic mass is 35.5. The molecule has 0 aliphatic heterocycles. The molecule has 0 aliphatic carbocycles. The molecule has 0 spiro atoms. The zero-order valence-electron chi connectivity index (χ0n) is 12.5. The molecule has 0 aliphatic rings. The van der Waals surface area contributed by atoms with Gasteiger partial charge in [0.15, 0.2) is 15.2 Å². The fourth-order valence-corrected chi connectivity index (χ4v) is 3.23. The van der Waals surface area contributed by atoms with E-state index < -0.39 is 0 Å². The number of benzene rings is 1. The molecule has 0 bridgehead atoms. The SMILES string of the molecule is Cc1cccc(NC(=S)N/N=C\c2c(Cl)nc3sccn23)c1C. The van der Waals surface area contributed by atoms with Crippen LogP contribution in [-0.2, 0) is 0 Å². The molecule has 3 rings (SSSR count). The standard InChI is InChI=1S/C15H14ClN5S2/c1-9-4-3-5-11(10(9)2)18-14(22)20-17-8-12-13(16)19-15-21(12)6-7-23-15/h3-8H,1-2H3,(H2,18,20,22)/b17-8-. The summed E-state index contributed by atoms with van der Waals surface area (Å²) >= 11 is 12.9. The molecule has 0 atom stereocenters. The summed E-state index contributed by atoms with van der Waals surface area (Å²) in [5.74, 6) is 0. The van der Waals surface area contributed by atoms with Crippen molar-refractivity contribution in [3.05, 3.63) is 51.7 Å². The molecule has 23 heavy (non-hydrogen) atoms. The first-order valence-electron chi connectivity index (χ1n) is 6.83. The maximum atomic E-state index is 6.10. The number of hydrazone groups is 1. The van der Waals surface area contributed by atoms with Crippen LogP contribution < -0.4 is 10.7 Å². The number of hydrogen-bond donors (Lipinski definition) is 2. The van der Waals surface area contributed by atoms with E-state index in [4.69, 9.17) is 23.8 Å². The largest absolute Gasteiger partial charge is 0.331 e. The van der Waals surface area contributed by atoms with E-state index in [0.29, 0.717) is 16.0 Å². The van der Waals surface area contributed by atoms with Gasteiger partial charge in [0.1, 0.15) is 5.69 Å². The fourth-order valence-electron chi connectivity index (χ4n) is 2.08. The number of halogens is 1. The van der Waals surface area contributed by atoms with E-state index in [1.807, 2.05) is 35.0 Å². The maximum Gasteiger partial charge on any atom is 0.195 e. The first kappa shape index (κ1) is 15.9. The second-order valence-electron chi connectivity index (χ2n) is 4.92. The zero-order valence-corrected chi connectivity index (χ0v) is 14.9. The number of aromatic nitrogens is 2. The smallest absolute Gasteiger partial charge is 0.195 e. The lowest BCUT2D eigenvalue weighted by Crippen LogP contribution is -2.24. The van der Waals surface area contributed by atoms with Crippen LogP contribution in [0.5, 0.6) is 0 Å². The second-order valence-corrected chi connectivity index (χ2v) is 6.55. The Morgan fingerprint density at radius 3 is 3.09 bits per heavy atom. The number of thiazole rings is 1. The zero-order chi connectivity index (χ0) is 16.4. The number of fused-ring (bicyclic) bond motifs is 1. The van der Waals surface area contributed by atoms with E-state index in [1.165, 1.54) is 16.9 Å². The first-order chi connectivity index (χ1) is 11.1. The number of hydrogen-bond acceptors (Lipinski definition) is 4. The third kappa shape index (κ3) is 3.36. The summed E-state index contributed by atoms with van der Waals surface area (Å²) in [4.78, 5) is 5.07. The Hall–Kier alpha value is -1.96. The van der Waals surface area contributed by atoms with Gasteiger partial charge in [-0.25, -0.2) is 4.98 Å². The number of nitrogens with zero attached hydrogens (tertiary/aromatic N) is 3. The monoisotopic (exact) mass is 363 g/mol. The molecule has 0 saturated carbocycles. The molecule has 0 radical (unpaired) electrons. The van der Waals surface area contributed by atoms with Crippen LogP contribution in [0.1, 0.15) is 16.8 Å². The molecule has 0 fully saturated rings. The van der Waals surface area contributed by atoms with Crippen LogP contribution in [-0.4, -0.2) is 20.7 Å². The van der Waals surface area contributed by atoms with Crippen LogP contribution in [0.4, 0.5) is 5.69 Å². The van der Waals surface area contributed by atoms with E-state index in [-0.39, 0.29) is 0 Å². The predicted molar refractivity (Wildman–Crippen MR) is 101 cm³/mol. The maximum absolute atomic E-state index is 6.10. The molecule has 8 heteroatoms. The third-order valence-electron chi connectivity index (χ3n) is 3.46. The van der Waals surface area contributed by atoms with Crippen molar-refractivity contribution in [2.45, 2.75) is 13.8 Å². The molecule has 5 nitrogen and oxygen atoms in total. The molecule has 118 valence electrons. The van der Waals surface area contributed by atoms with Crippen molar-refractivity contribution < 1.29 is 0 Å². The normalized spacial score (nSPS) is 11.3. The van der Waals surface area contributed by atoms with E-state index in [9.17, 15) is 0 Å². The number of aryl methyl sites for hydroxylation is 1. The molecule has 0 saturated heterocycles. The van der Waals surface area contributed by atoms with E-state index in [1.54, 1.807) is 6.21 Å². The summed E-state index contributed by atoms with van der Waals surface area (Å²) in [6.45, 7) is 4.10. The van der Waals surface area contributed by atoms with Gasteiger partial charge in [0, 0.05) is 17.3 Å². The van der Waals surface area contributed by atoms with E-state index in [2.05, 4.69) is 33.8 Å². The van der Waals surface area contributed by atoms with Crippen LogP contribution >= 0.6 is 35.2 Å². The Kier molecular flexibility index (Phi) is 4.61. The molecule has 2 aromatic heterocycles. The van der Waals surface area contributed by atoms with Crippen molar-refractivity contribution in [1.82, 2.24) is 14.8 Å². The number of imidazole rings is 1. The van der Waals surface area contributed by atoms with Gasteiger partial charge >= 0.3 is 0 Å². The predicted octanol–water partition coefficient (Wildman–Crippen LogP) is 3.99. The summed E-state index contributed by atoms with van der Waals surface area (Å²) in [7, 11) is 0. The Balaban J connectivity index is 1.68. The summed E-state index contributed by atoms with van der Waals surface area (Å²) in [5, 5.41) is 10.0. The molecular formula is C15H14ClN5S2. The van der Waals surface area contributed by atoms with Crippen molar-refractivity contribution in [2.24, 2.45) is 5.10 Å². The Morgan fingerprint density at radius 2 is 2.26 bits per heavy atom. The average molecular weight is 364 g/mol. The third-order valence-corrected chi connectivity index (χ3v) is 4.69. The fraction of sp³-hybridized carbons (Fsp3) is 0.133. The molecule has 1 aromatic carbocycles. The quantitative estimate of drug-likeness (QED) is 0.420. The van der Waals surface area contributed by atoms with Crippen molar-refractivity contribution in [3.63, 3.8) is 0 Å². The van der Waals surface area contributed by atoms with Crippen molar-refractivity contribution in [1.29, 1.82) is 0 Å². The highest BCUT2D eigenvalue weighted by Crippen LogP contribution is 2.20. The van der Waals surface area contributed by atoms with Gasteiger partial charge in [-0.3, -0.25) is 9.83 Å². The van der Waals surface area contributed by atoms with E-state index >= 15 is 0 Å². The van der Waals surface area contributed by atoms with Gasteiger partial charge < -0.3 is 5.32 Å². The van der Waals surface area contributed by atoms with Crippen LogP contribution in [0.25, 0.3) is 4.96 Å². The van der Waals surface area contributed by atoms with Crippen molar-refractivity contribution in [3.8, 4) is 0 Å². The minimum Gasteiger partial charge on any atom is -0.331 e. The lowest BCUT2D eigenvalue weighted by atomic mass is 10.1. The van der Waals surface area contributed by atoms with Crippen molar-refractivity contribution in [2.75, 3.05) is 5.32 Å². The average Bonchev–Trinajstić information content (AvgIpc) is 3.06. The Morgan fingerprint density at radius 1 is 1.43 bits per heavy atom. The molecule has 3 aromatic rings. The molecule has 2 N–H and O–H groups in total. The number of rotatable bonds is 3.